The minimum atomic E-state index is -3.51. The van der Waals surface area contributed by atoms with Crippen LogP contribution in [-0.4, -0.2) is 94.9 Å². The standard InChI is InChI=1S/C26H37N5O3S2/c1-4-26(32)27-12-15-30-18-16-29(17-19-30)13-7-14-31-22-8-5-6-9-24(22)35-25-11-10-21(20-23(25)31)36(33,34)28(2)3/h5-6,8-11,20H,4,7,12-19H2,1-3H3,(H,27,32). The minimum absolute atomic E-state index is 0.110. The minimum Gasteiger partial charge on any atom is -0.355 e. The Morgan fingerprint density at radius 3 is 2.31 bits per heavy atom. The Morgan fingerprint density at radius 1 is 0.944 bits per heavy atom. The van der Waals surface area contributed by atoms with Gasteiger partial charge in [-0.15, -0.1) is 0 Å². The van der Waals surface area contributed by atoms with Gasteiger partial charge in [0.1, 0.15) is 0 Å². The van der Waals surface area contributed by atoms with Crippen molar-refractivity contribution < 1.29 is 13.2 Å². The fourth-order valence-electron chi connectivity index (χ4n) is 4.59. The van der Waals surface area contributed by atoms with E-state index in [4.69, 9.17) is 0 Å². The zero-order valence-electron chi connectivity index (χ0n) is 21.4. The second-order valence-electron chi connectivity index (χ2n) is 9.38. The fraction of sp³-hybridized carbons (Fsp3) is 0.500. The average molecular weight is 532 g/mol. The molecule has 4 rings (SSSR count). The third-order valence-electron chi connectivity index (χ3n) is 6.77. The molecule has 1 saturated heterocycles. The van der Waals surface area contributed by atoms with E-state index in [1.165, 1.54) is 9.20 Å². The van der Waals surface area contributed by atoms with E-state index in [1.807, 2.05) is 31.2 Å². The fourth-order valence-corrected chi connectivity index (χ4v) is 6.59. The molecule has 36 heavy (non-hydrogen) atoms. The van der Waals surface area contributed by atoms with Gasteiger partial charge in [0.15, 0.2) is 0 Å². The number of amides is 1. The summed E-state index contributed by atoms with van der Waals surface area (Å²) in [6.07, 6.45) is 1.51. The molecule has 0 atom stereocenters. The number of rotatable bonds is 10. The molecular weight excluding hydrogens is 494 g/mol. The molecule has 0 saturated carbocycles. The van der Waals surface area contributed by atoms with E-state index < -0.39 is 10.0 Å². The van der Waals surface area contributed by atoms with E-state index in [9.17, 15) is 13.2 Å². The van der Waals surface area contributed by atoms with Crippen LogP contribution >= 0.6 is 11.8 Å². The molecule has 196 valence electrons. The van der Waals surface area contributed by atoms with Gasteiger partial charge in [0.05, 0.1) is 16.3 Å². The summed E-state index contributed by atoms with van der Waals surface area (Å²) in [7, 11) is -0.372. The van der Waals surface area contributed by atoms with Crippen molar-refractivity contribution in [3.05, 3.63) is 42.5 Å². The molecule has 2 aliphatic rings. The van der Waals surface area contributed by atoms with E-state index in [0.717, 1.165) is 68.5 Å². The van der Waals surface area contributed by atoms with Crippen LogP contribution in [0.4, 0.5) is 11.4 Å². The maximum absolute atomic E-state index is 12.8. The lowest BCUT2D eigenvalue weighted by Crippen LogP contribution is -2.48. The van der Waals surface area contributed by atoms with Crippen LogP contribution in [0.5, 0.6) is 0 Å². The largest absolute Gasteiger partial charge is 0.355 e. The van der Waals surface area contributed by atoms with Crippen molar-refractivity contribution in [1.29, 1.82) is 0 Å². The van der Waals surface area contributed by atoms with Crippen molar-refractivity contribution in [2.75, 3.05) is 71.4 Å². The first-order valence-corrected chi connectivity index (χ1v) is 14.9. The van der Waals surface area contributed by atoms with Crippen LogP contribution < -0.4 is 10.2 Å². The Hall–Kier alpha value is -2.11. The first kappa shape index (κ1) is 26.9. The first-order valence-electron chi connectivity index (χ1n) is 12.6. The number of piperazine rings is 1. The zero-order valence-corrected chi connectivity index (χ0v) is 23.1. The second kappa shape index (κ2) is 12.0. The number of carbonyl (C=O) groups excluding carboxylic acids is 1. The molecule has 1 N–H and O–H groups in total. The van der Waals surface area contributed by atoms with Gasteiger partial charge >= 0.3 is 0 Å². The molecule has 10 heteroatoms. The number of anilines is 2. The van der Waals surface area contributed by atoms with E-state index in [0.29, 0.717) is 17.9 Å². The number of carbonyl (C=O) groups is 1. The lowest BCUT2D eigenvalue weighted by atomic mass is 10.2. The highest BCUT2D eigenvalue weighted by Crippen LogP contribution is 2.48. The molecule has 0 aromatic heterocycles. The average Bonchev–Trinajstić information content (AvgIpc) is 2.88. The predicted molar refractivity (Wildman–Crippen MR) is 146 cm³/mol. The quantitative estimate of drug-likeness (QED) is 0.505. The number of nitrogens with zero attached hydrogens (tertiary/aromatic N) is 4. The van der Waals surface area contributed by atoms with Gasteiger partial charge < -0.3 is 15.1 Å². The molecule has 8 nitrogen and oxygen atoms in total. The molecule has 1 fully saturated rings. The first-order chi connectivity index (χ1) is 17.3. The monoisotopic (exact) mass is 531 g/mol. The molecule has 1 amide bonds. The Labute approximate surface area is 219 Å². The number of hydrogen-bond donors (Lipinski definition) is 1. The molecule has 2 heterocycles. The van der Waals surface area contributed by atoms with Crippen molar-refractivity contribution in [3.8, 4) is 0 Å². The Bertz CT molecular complexity index is 1160. The molecule has 2 aromatic rings. The lowest BCUT2D eigenvalue weighted by molar-refractivity contribution is -0.120. The van der Waals surface area contributed by atoms with Crippen molar-refractivity contribution >= 4 is 39.1 Å². The highest BCUT2D eigenvalue weighted by Gasteiger charge is 2.27. The molecule has 0 aliphatic carbocycles. The normalized spacial score (nSPS) is 16.6. The number of para-hydroxylation sites is 1. The number of sulfonamides is 1. The van der Waals surface area contributed by atoms with Gasteiger partial charge in [0.2, 0.25) is 15.9 Å². The summed E-state index contributed by atoms with van der Waals surface area (Å²) in [6.45, 7) is 9.38. The van der Waals surface area contributed by atoms with Crippen LogP contribution in [0.25, 0.3) is 0 Å². The lowest BCUT2D eigenvalue weighted by Gasteiger charge is -2.36. The third kappa shape index (κ3) is 6.23. The maximum Gasteiger partial charge on any atom is 0.242 e. The summed E-state index contributed by atoms with van der Waals surface area (Å²) >= 11 is 1.69. The number of benzene rings is 2. The van der Waals surface area contributed by atoms with Gasteiger partial charge in [0.25, 0.3) is 0 Å². The van der Waals surface area contributed by atoms with Gasteiger partial charge in [0, 0.05) is 76.1 Å². The van der Waals surface area contributed by atoms with Crippen LogP contribution in [-0.2, 0) is 14.8 Å². The number of fused-ring (bicyclic) bond motifs is 2. The van der Waals surface area contributed by atoms with Gasteiger partial charge in [-0.05, 0) is 43.3 Å². The predicted octanol–water partition coefficient (Wildman–Crippen LogP) is 3.07. The number of hydrogen-bond acceptors (Lipinski definition) is 7. The summed E-state index contributed by atoms with van der Waals surface area (Å²) in [6, 6.07) is 13.8. The SMILES string of the molecule is CCC(=O)NCCN1CCN(CCCN2c3ccccc3Sc3ccc(S(=O)(=O)N(C)C)cc32)CC1. The van der Waals surface area contributed by atoms with Crippen molar-refractivity contribution in [2.45, 2.75) is 34.5 Å². The van der Waals surface area contributed by atoms with Crippen LogP contribution in [0.15, 0.2) is 57.2 Å². The van der Waals surface area contributed by atoms with Crippen molar-refractivity contribution in [3.63, 3.8) is 0 Å². The Balaban J connectivity index is 1.38. The molecule has 0 bridgehead atoms. The topological polar surface area (TPSA) is 76.2 Å². The number of nitrogens with one attached hydrogen (secondary N) is 1. The van der Waals surface area contributed by atoms with E-state index in [1.54, 1.807) is 31.9 Å². The molecule has 0 spiro atoms. The van der Waals surface area contributed by atoms with Crippen LogP contribution in [0, 0.1) is 0 Å². The highest BCUT2D eigenvalue weighted by molar-refractivity contribution is 7.99. The molecule has 0 unspecified atom stereocenters. The Kier molecular flexibility index (Phi) is 8.95. The second-order valence-corrected chi connectivity index (χ2v) is 12.6. The van der Waals surface area contributed by atoms with E-state index in [2.05, 4.69) is 32.1 Å². The Morgan fingerprint density at radius 2 is 1.61 bits per heavy atom. The highest BCUT2D eigenvalue weighted by atomic mass is 32.2. The van der Waals surface area contributed by atoms with Crippen molar-refractivity contribution in [2.24, 2.45) is 0 Å². The summed E-state index contributed by atoms with van der Waals surface area (Å²) in [5, 5.41) is 2.96. The van der Waals surface area contributed by atoms with Gasteiger partial charge in [-0.25, -0.2) is 12.7 Å². The van der Waals surface area contributed by atoms with Crippen molar-refractivity contribution in [1.82, 2.24) is 19.4 Å². The summed E-state index contributed by atoms with van der Waals surface area (Å²) in [5.41, 5.74) is 2.09. The van der Waals surface area contributed by atoms with Gasteiger partial charge in [-0.1, -0.05) is 30.8 Å². The van der Waals surface area contributed by atoms with Crippen LogP contribution in [0.2, 0.25) is 0 Å². The third-order valence-corrected chi connectivity index (χ3v) is 9.71. The smallest absolute Gasteiger partial charge is 0.242 e. The van der Waals surface area contributed by atoms with Gasteiger partial charge in [-0.3, -0.25) is 9.69 Å². The van der Waals surface area contributed by atoms with E-state index >= 15 is 0 Å². The summed E-state index contributed by atoms with van der Waals surface area (Å²) in [4.78, 5) is 21.2. The van der Waals surface area contributed by atoms with Crippen LogP contribution in [0.1, 0.15) is 19.8 Å². The molecule has 2 aliphatic heterocycles. The zero-order chi connectivity index (χ0) is 25.7. The molecular formula is C26H37N5O3S2. The van der Waals surface area contributed by atoms with E-state index in [-0.39, 0.29) is 5.91 Å². The maximum atomic E-state index is 12.8. The van der Waals surface area contributed by atoms with Gasteiger partial charge in [-0.2, -0.15) is 0 Å². The van der Waals surface area contributed by atoms with Crippen LogP contribution in [0.3, 0.4) is 0 Å². The summed E-state index contributed by atoms with van der Waals surface area (Å²) in [5.74, 6) is 0.110. The summed E-state index contributed by atoms with van der Waals surface area (Å²) < 4.78 is 26.9. The molecule has 2 aromatic carbocycles. The molecule has 0 radical (unpaired) electrons.